The van der Waals surface area contributed by atoms with Crippen molar-refractivity contribution >= 4 is 40.1 Å². The summed E-state index contributed by atoms with van der Waals surface area (Å²) in [6.45, 7) is 0. The van der Waals surface area contributed by atoms with Gasteiger partial charge in [0.05, 0.1) is 5.52 Å². The lowest BCUT2D eigenvalue weighted by atomic mass is 10.2. The van der Waals surface area contributed by atoms with Crippen molar-refractivity contribution in [2.24, 2.45) is 0 Å². The molecular weight excluding hydrogens is 280 g/mol. The maximum atomic E-state index is 5.87. The van der Waals surface area contributed by atoms with Gasteiger partial charge in [0.1, 0.15) is 11.0 Å². The van der Waals surface area contributed by atoms with Crippen molar-refractivity contribution in [1.29, 1.82) is 0 Å². The molecule has 0 atom stereocenters. The zero-order chi connectivity index (χ0) is 13.2. The van der Waals surface area contributed by atoms with Crippen LogP contribution < -0.4 is 5.73 Å². The molecule has 2 N–H and O–H groups in total. The normalized spacial score (nSPS) is 10.8. The van der Waals surface area contributed by atoms with Gasteiger partial charge in [0.2, 0.25) is 0 Å². The molecule has 0 aliphatic heterocycles. The summed E-state index contributed by atoms with van der Waals surface area (Å²) in [5, 5.41) is 1.92. The lowest BCUT2D eigenvalue weighted by Crippen LogP contribution is -1.94. The number of anilines is 1. The van der Waals surface area contributed by atoms with Crippen LogP contribution in [0.5, 0.6) is 0 Å². The number of nitrogens with two attached hydrogens (primary N) is 1. The van der Waals surface area contributed by atoms with Crippen LogP contribution in [0, 0.1) is 0 Å². The second kappa shape index (κ2) is 5.03. The minimum Gasteiger partial charge on any atom is -0.384 e. The van der Waals surface area contributed by atoms with Crippen molar-refractivity contribution in [3.05, 3.63) is 47.7 Å². The minimum absolute atomic E-state index is 0.336. The first-order valence-corrected chi connectivity index (χ1v) is 6.73. The number of hydrogen-bond acceptors (Lipinski definition) is 5. The Bertz CT molecular complexity index is 722. The van der Waals surface area contributed by atoms with Crippen LogP contribution in [0.4, 0.5) is 5.82 Å². The van der Waals surface area contributed by atoms with E-state index in [-0.39, 0.29) is 0 Å². The molecule has 0 radical (unpaired) electrons. The Balaban J connectivity index is 2.05. The molecule has 0 saturated heterocycles. The average molecular weight is 289 g/mol. The third-order valence-corrected chi connectivity index (χ3v) is 3.60. The van der Waals surface area contributed by atoms with Crippen LogP contribution in [0.25, 0.3) is 10.9 Å². The summed E-state index contributed by atoms with van der Waals surface area (Å²) in [6, 6.07) is 11.4. The molecule has 0 aliphatic rings. The zero-order valence-electron chi connectivity index (χ0n) is 9.75. The van der Waals surface area contributed by atoms with Gasteiger partial charge in [0, 0.05) is 22.5 Å². The molecule has 94 valence electrons. The number of nitrogens with zero attached hydrogens (tertiary/aromatic N) is 3. The van der Waals surface area contributed by atoms with Crippen LogP contribution in [-0.2, 0) is 0 Å². The largest absolute Gasteiger partial charge is 0.384 e. The Morgan fingerprint density at radius 2 is 1.95 bits per heavy atom. The summed E-state index contributed by atoms with van der Waals surface area (Å²) < 4.78 is 0. The number of benzene rings is 1. The van der Waals surface area contributed by atoms with Gasteiger partial charge in [-0.25, -0.2) is 9.97 Å². The van der Waals surface area contributed by atoms with Crippen molar-refractivity contribution < 1.29 is 0 Å². The summed E-state index contributed by atoms with van der Waals surface area (Å²) in [6.07, 6.45) is 1.76. The van der Waals surface area contributed by atoms with Crippen LogP contribution in [-0.4, -0.2) is 15.0 Å². The number of halogens is 1. The van der Waals surface area contributed by atoms with E-state index in [2.05, 4.69) is 15.0 Å². The van der Waals surface area contributed by atoms with E-state index in [4.69, 9.17) is 17.3 Å². The fraction of sp³-hybridized carbons (Fsp3) is 0. The Kier molecular flexibility index (Phi) is 3.23. The first-order valence-electron chi connectivity index (χ1n) is 5.54. The van der Waals surface area contributed by atoms with Crippen molar-refractivity contribution in [1.82, 2.24) is 15.0 Å². The first kappa shape index (κ1) is 12.2. The third-order valence-electron chi connectivity index (χ3n) is 2.49. The maximum absolute atomic E-state index is 5.87. The van der Waals surface area contributed by atoms with Crippen LogP contribution >= 0.6 is 23.4 Å². The zero-order valence-corrected chi connectivity index (χ0v) is 11.3. The highest BCUT2D eigenvalue weighted by Gasteiger charge is 2.07. The van der Waals surface area contributed by atoms with Gasteiger partial charge in [-0.1, -0.05) is 29.8 Å². The number of pyridine rings is 1. The number of para-hydroxylation sites is 1. The number of aromatic nitrogens is 3. The highest BCUT2D eigenvalue weighted by molar-refractivity contribution is 7.99. The highest BCUT2D eigenvalue weighted by atomic mass is 35.5. The monoisotopic (exact) mass is 288 g/mol. The van der Waals surface area contributed by atoms with Crippen molar-refractivity contribution in [2.45, 2.75) is 10.1 Å². The van der Waals surface area contributed by atoms with Crippen molar-refractivity contribution in [2.75, 3.05) is 5.73 Å². The van der Waals surface area contributed by atoms with E-state index in [0.29, 0.717) is 16.1 Å². The summed E-state index contributed by atoms with van der Waals surface area (Å²) in [5.74, 6) is 0.357. The van der Waals surface area contributed by atoms with Gasteiger partial charge < -0.3 is 5.73 Å². The lowest BCUT2D eigenvalue weighted by molar-refractivity contribution is 0.977. The second-order valence-corrected chi connectivity index (χ2v) is 5.23. The van der Waals surface area contributed by atoms with E-state index < -0.39 is 0 Å². The Hall–Kier alpha value is -1.85. The molecule has 19 heavy (non-hydrogen) atoms. The molecule has 2 heterocycles. The molecule has 0 aliphatic carbocycles. The number of hydrogen-bond donors (Lipinski definition) is 1. The minimum atomic E-state index is 0.336. The summed E-state index contributed by atoms with van der Waals surface area (Å²) >= 11 is 7.27. The van der Waals surface area contributed by atoms with E-state index in [9.17, 15) is 0 Å². The van der Waals surface area contributed by atoms with E-state index in [1.54, 1.807) is 6.20 Å². The topological polar surface area (TPSA) is 64.7 Å². The van der Waals surface area contributed by atoms with E-state index >= 15 is 0 Å². The van der Waals surface area contributed by atoms with Crippen LogP contribution in [0.3, 0.4) is 0 Å². The summed E-state index contributed by atoms with van der Waals surface area (Å²) in [4.78, 5) is 13.7. The van der Waals surface area contributed by atoms with E-state index in [1.807, 2.05) is 30.3 Å². The van der Waals surface area contributed by atoms with Gasteiger partial charge in [-0.3, -0.25) is 4.98 Å². The smallest absolute Gasteiger partial charge is 0.195 e. The summed E-state index contributed by atoms with van der Waals surface area (Å²) in [7, 11) is 0. The van der Waals surface area contributed by atoms with Gasteiger partial charge in [-0.05, 0) is 23.9 Å². The average Bonchev–Trinajstić information content (AvgIpc) is 2.38. The quantitative estimate of drug-likeness (QED) is 0.578. The SMILES string of the molecule is Nc1cc(Cl)nc(Sc2cccc3cccnc23)n1. The second-order valence-electron chi connectivity index (χ2n) is 3.83. The summed E-state index contributed by atoms with van der Waals surface area (Å²) in [5.41, 5.74) is 6.58. The Morgan fingerprint density at radius 3 is 2.79 bits per heavy atom. The molecule has 6 heteroatoms. The molecule has 0 bridgehead atoms. The Morgan fingerprint density at radius 1 is 1.11 bits per heavy atom. The van der Waals surface area contributed by atoms with Crippen LogP contribution in [0.15, 0.2) is 52.6 Å². The predicted molar refractivity (Wildman–Crippen MR) is 77.3 cm³/mol. The fourth-order valence-electron chi connectivity index (χ4n) is 1.72. The molecule has 3 rings (SSSR count). The predicted octanol–water partition coefficient (Wildman–Crippen LogP) is 3.41. The van der Waals surface area contributed by atoms with E-state index in [1.165, 1.54) is 17.8 Å². The highest BCUT2D eigenvalue weighted by Crippen LogP contribution is 2.31. The molecule has 0 spiro atoms. The Labute approximate surface area is 119 Å². The van der Waals surface area contributed by atoms with Gasteiger partial charge in [0.25, 0.3) is 0 Å². The van der Waals surface area contributed by atoms with Crippen molar-refractivity contribution in [3.8, 4) is 0 Å². The maximum Gasteiger partial charge on any atom is 0.195 e. The number of rotatable bonds is 2. The first-order chi connectivity index (χ1) is 9.22. The molecule has 1 aromatic carbocycles. The molecule has 0 fully saturated rings. The van der Waals surface area contributed by atoms with E-state index in [0.717, 1.165) is 15.8 Å². The molecule has 0 amide bonds. The number of nitrogen functional groups attached to an aromatic ring is 1. The standard InChI is InChI=1S/C13H9ClN4S/c14-10-7-11(15)18-13(17-10)19-9-5-1-3-8-4-2-6-16-12(8)9/h1-7H,(H2,15,17,18). The van der Waals surface area contributed by atoms with Gasteiger partial charge in [-0.15, -0.1) is 0 Å². The van der Waals surface area contributed by atoms with Crippen molar-refractivity contribution in [3.63, 3.8) is 0 Å². The molecule has 3 aromatic rings. The number of fused-ring (bicyclic) bond motifs is 1. The third kappa shape index (κ3) is 2.62. The molecule has 0 unspecified atom stereocenters. The van der Waals surface area contributed by atoms with Gasteiger partial charge in [0.15, 0.2) is 5.16 Å². The molecular formula is C13H9ClN4S. The molecule has 0 saturated carbocycles. The van der Waals surface area contributed by atoms with Gasteiger partial charge in [-0.2, -0.15) is 0 Å². The van der Waals surface area contributed by atoms with Gasteiger partial charge >= 0.3 is 0 Å². The van der Waals surface area contributed by atoms with Crippen LogP contribution in [0.1, 0.15) is 0 Å². The lowest BCUT2D eigenvalue weighted by Gasteiger charge is -2.05. The molecule has 4 nitrogen and oxygen atoms in total. The fourth-order valence-corrected chi connectivity index (χ4v) is 2.86. The molecule has 2 aromatic heterocycles. The van der Waals surface area contributed by atoms with Crippen LogP contribution in [0.2, 0.25) is 5.15 Å².